The average molecular weight is 166 g/mol. The molecule has 1 nitrogen and oxygen atoms in total. The summed E-state index contributed by atoms with van der Waals surface area (Å²) in [5, 5.41) is 0. The molecule has 1 heterocycles. The third-order valence-corrected chi connectivity index (χ3v) is 2.15. The fraction of sp³-hybridized carbons (Fsp3) is 0.400. The molecule has 1 aromatic rings. The van der Waals surface area contributed by atoms with E-state index < -0.39 is 0 Å². The third kappa shape index (κ3) is 1.48. The van der Waals surface area contributed by atoms with Crippen molar-refractivity contribution in [3.63, 3.8) is 0 Å². The Kier molecular flexibility index (Phi) is 2.09. The molecule has 0 radical (unpaired) electrons. The number of halogens is 1. The van der Waals surface area contributed by atoms with E-state index in [4.69, 9.17) is 4.74 Å². The normalized spacial score (nSPS) is 22.9. The molecule has 0 aliphatic carbocycles. The number of benzene rings is 1. The smallest absolute Gasteiger partial charge is 0.123 e. The van der Waals surface area contributed by atoms with Crippen molar-refractivity contribution >= 4 is 0 Å². The van der Waals surface area contributed by atoms with E-state index in [1.54, 1.807) is 12.1 Å². The predicted octanol–water partition coefficient (Wildman–Crippen LogP) is 2.68. The first-order chi connectivity index (χ1) is 5.86. The van der Waals surface area contributed by atoms with Gasteiger partial charge in [-0.1, -0.05) is 12.1 Å². The molecule has 0 saturated carbocycles. The van der Waals surface area contributed by atoms with Gasteiger partial charge in [-0.2, -0.15) is 0 Å². The molecule has 1 aliphatic rings. The van der Waals surface area contributed by atoms with Gasteiger partial charge in [0.25, 0.3) is 0 Å². The Morgan fingerprint density at radius 2 is 2.33 bits per heavy atom. The van der Waals surface area contributed by atoms with Gasteiger partial charge in [-0.05, 0) is 30.5 Å². The largest absolute Gasteiger partial charge is 0.374 e. The molecule has 0 spiro atoms. The van der Waals surface area contributed by atoms with Crippen LogP contribution < -0.4 is 0 Å². The third-order valence-electron chi connectivity index (χ3n) is 2.15. The van der Waals surface area contributed by atoms with Gasteiger partial charge in [0.1, 0.15) is 5.82 Å². The Morgan fingerprint density at radius 1 is 1.42 bits per heavy atom. The molecule has 0 bridgehead atoms. The molecule has 0 unspecified atom stereocenters. The minimum atomic E-state index is -0.178. The second-order valence-corrected chi connectivity index (χ2v) is 3.06. The highest BCUT2D eigenvalue weighted by Crippen LogP contribution is 2.28. The van der Waals surface area contributed by atoms with E-state index in [-0.39, 0.29) is 11.9 Å². The lowest BCUT2D eigenvalue weighted by atomic mass is 10.1. The summed E-state index contributed by atoms with van der Waals surface area (Å²) in [7, 11) is 0. The molecule has 1 aromatic carbocycles. The van der Waals surface area contributed by atoms with Gasteiger partial charge in [-0.25, -0.2) is 4.39 Å². The van der Waals surface area contributed by atoms with Gasteiger partial charge in [-0.15, -0.1) is 0 Å². The van der Waals surface area contributed by atoms with Crippen molar-refractivity contribution in [2.45, 2.75) is 18.9 Å². The summed E-state index contributed by atoms with van der Waals surface area (Å²) < 4.78 is 18.2. The Morgan fingerprint density at radius 3 is 3.00 bits per heavy atom. The summed E-state index contributed by atoms with van der Waals surface area (Å²) in [6.45, 7) is 0.807. The van der Waals surface area contributed by atoms with Gasteiger partial charge < -0.3 is 4.74 Å². The van der Waals surface area contributed by atoms with E-state index in [1.165, 1.54) is 6.07 Å². The Balaban J connectivity index is 2.21. The van der Waals surface area contributed by atoms with E-state index in [1.807, 2.05) is 6.07 Å². The summed E-state index contributed by atoms with van der Waals surface area (Å²) in [4.78, 5) is 0. The molecule has 1 fully saturated rings. The maximum atomic E-state index is 12.8. The van der Waals surface area contributed by atoms with Gasteiger partial charge >= 0.3 is 0 Å². The van der Waals surface area contributed by atoms with Crippen LogP contribution in [0, 0.1) is 5.82 Å². The van der Waals surface area contributed by atoms with Gasteiger partial charge in [0.05, 0.1) is 6.10 Å². The van der Waals surface area contributed by atoms with Crippen molar-refractivity contribution < 1.29 is 9.13 Å². The molecule has 2 rings (SSSR count). The first-order valence-electron chi connectivity index (χ1n) is 4.23. The zero-order valence-electron chi connectivity index (χ0n) is 6.79. The number of hydrogen-bond acceptors (Lipinski definition) is 1. The second-order valence-electron chi connectivity index (χ2n) is 3.06. The standard InChI is InChI=1S/C10H11FO/c11-9-4-1-3-8(7-9)10-5-2-6-12-10/h1,3-4,7,10H,2,5-6H2/t10-/m1/s1. The van der Waals surface area contributed by atoms with Crippen molar-refractivity contribution in [3.8, 4) is 0 Å². The Labute approximate surface area is 71.2 Å². The first kappa shape index (κ1) is 7.74. The number of hydrogen-bond donors (Lipinski definition) is 0. The predicted molar refractivity (Wildman–Crippen MR) is 44.3 cm³/mol. The van der Waals surface area contributed by atoms with Crippen molar-refractivity contribution in [3.05, 3.63) is 35.6 Å². The van der Waals surface area contributed by atoms with Crippen LogP contribution in [0.25, 0.3) is 0 Å². The molecule has 12 heavy (non-hydrogen) atoms. The summed E-state index contributed by atoms with van der Waals surface area (Å²) in [5.41, 5.74) is 0.965. The highest BCUT2D eigenvalue weighted by Gasteiger charge is 2.17. The second kappa shape index (κ2) is 3.23. The lowest BCUT2D eigenvalue weighted by Crippen LogP contribution is -1.95. The van der Waals surface area contributed by atoms with Gasteiger partial charge in [0, 0.05) is 6.61 Å². The van der Waals surface area contributed by atoms with Crippen LogP contribution >= 0.6 is 0 Å². The van der Waals surface area contributed by atoms with E-state index >= 15 is 0 Å². The molecule has 0 amide bonds. The first-order valence-corrected chi connectivity index (χ1v) is 4.23. The lowest BCUT2D eigenvalue weighted by Gasteiger charge is -2.08. The molecule has 1 saturated heterocycles. The summed E-state index contributed by atoms with van der Waals surface area (Å²) in [6, 6.07) is 6.65. The van der Waals surface area contributed by atoms with E-state index in [0.717, 1.165) is 25.0 Å². The number of rotatable bonds is 1. The van der Waals surface area contributed by atoms with Gasteiger partial charge in [0.15, 0.2) is 0 Å². The zero-order valence-corrected chi connectivity index (χ0v) is 6.79. The van der Waals surface area contributed by atoms with Gasteiger partial charge in [0.2, 0.25) is 0 Å². The highest BCUT2D eigenvalue weighted by molar-refractivity contribution is 5.19. The molecule has 0 aromatic heterocycles. The topological polar surface area (TPSA) is 9.23 Å². The minimum Gasteiger partial charge on any atom is -0.374 e. The van der Waals surface area contributed by atoms with Crippen LogP contribution in [0.2, 0.25) is 0 Å². The van der Waals surface area contributed by atoms with Crippen LogP contribution in [-0.2, 0) is 4.74 Å². The fourth-order valence-electron chi connectivity index (χ4n) is 1.55. The maximum absolute atomic E-state index is 12.8. The maximum Gasteiger partial charge on any atom is 0.123 e. The lowest BCUT2D eigenvalue weighted by molar-refractivity contribution is 0.111. The van der Waals surface area contributed by atoms with E-state index in [9.17, 15) is 4.39 Å². The minimum absolute atomic E-state index is 0.126. The summed E-state index contributed by atoms with van der Waals surface area (Å²) in [5.74, 6) is -0.178. The van der Waals surface area contributed by atoms with Crippen LogP contribution in [0.4, 0.5) is 4.39 Å². The Bertz CT molecular complexity index is 266. The monoisotopic (exact) mass is 166 g/mol. The molecular weight excluding hydrogens is 155 g/mol. The molecule has 1 aliphatic heterocycles. The number of ether oxygens (including phenoxy) is 1. The van der Waals surface area contributed by atoms with E-state index in [2.05, 4.69) is 0 Å². The average Bonchev–Trinajstić information content (AvgIpc) is 2.56. The van der Waals surface area contributed by atoms with Crippen molar-refractivity contribution in [2.75, 3.05) is 6.61 Å². The SMILES string of the molecule is Fc1cccc([C@H]2CCCO2)c1. The molecule has 64 valence electrons. The van der Waals surface area contributed by atoms with Crippen LogP contribution in [0.1, 0.15) is 24.5 Å². The van der Waals surface area contributed by atoms with Crippen molar-refractivity contribution in [1.82, 2.24) is 0 Å². The van der Waals surface area contributed by atoms with Crippen molar-refractivity contribution in [2.24, 2.45) is 0 Å². The molecule has 2 heteroatoms. The van der Waals surface area contributed by atoms with E-state index in [0.29, 0.717) is 0 Å². The van der Waals surface area contributed by atoms with Crippen LogP contribution in [0.15, 0.2) is 24.3 Å². The van der Waals surface area contributed by atoms with Crippen LogP contribution in [0.5, 0.6) is 0 Å². The van der Waals surface area contributed by atoms with Crippen LogP contribution in [-0.4, -0.2) is 6.61 Å². The molecule has 1 atom stereocenters. The summed E-state index contributed by atoms with van der Waals surface area (Å²) >= 11 is 0. The Hall–Kier alpha value is -0.890. The van der Waals surface area contributed by atoms with Crippen LogP contribution in [0.3, 0.4) is 0 Å². The summed E-state index contributed by atoms with van der Waals surface area (Å²) in [6.07, 6.45) is 2.23. The zero-order chi connectivity index (χ0) is 8.39. The highest BCUT2D eigenvalue weighted by atomic mass is 19.1. The van der Waals surface area contributed by atoms with Gasteiger partial charge in [-0.3, -0.25) is 0 Å². The molecule has 0 N–H and O–H groups in total. The molecular formula is C10H11FO. The fourth-order valence-corrected chi connectivity index (χ4v) is 1.55. The van der Waals surface area contributed by atoms with Crippen molar-refractivity contribution in [1.29, 1.82) is 0 Å². The quantitative estimate of drug-likeness (QED) is 0.623.